The number of aliphatic imine (C=N–C) groups is 1. The van der Waals surface area contributed by atoms with Gasteiger partial charge in [0.25, 0.3) is 0 Å². The minimum atomic E-state index is 0.703. The van der Waals surface area contributed by atoms with Gasteiger partial charge < -0.3 is 5.73 Å². The van der Waals surface area contributed by atoms with E-state index in [1.807, 2.05) is 19.1 Å². The Labute approximate surface area is 112 Å². The standard InChI is InChI=1S/C11H13Br2N3/c1-2-15-11(13)9(7-14)6-8-4-3-5-16-10(8)12/h3-5,7H,2,6,14H2,1H3. The van der Waals surface area contributed by atoms with Crippen LogP contribution in [-0.4, -0.2) is 16.1 Å². The molecule has 1 heterocycles. The highest BCUT2D eigenvalue weighted by molar-refractivity contribution is 9.18. The lowest BCUT2D eigenvalue weighted by Crippen LogP contribution is -2.03. The molecular weight excluding hydrogens is 334 g/mol. The maximum Gasteiger partial charge on any atom is 0.109 e. The van der Waals surface area contributed by atoms with Crippen molar-refractivity contribution in [1.82, 2.24) is 4.98 Å². The normalized spacial score (nSPS) is 12.9. The molecule has 5 heteroatoms. The summed E-state index contributed by atoms with van der Waals surface area (Å²) in [4.78, 5) is 8.44. The Bertz CT molecular complexity index is 413. The van der Waals surface area contributed by atoms with Gasteiger partial charge in [-0.05, 0) is 50.4 Å². The fraction of sp³-hybridized carbons (Fsp3) is 0.273. The van der Waals surface area contributed by atoms with E-state index < -0.39 is 0 Å². The average Bonchev–Trinajstić information content (AvgIpc) is 2.28. The third-order valence-electron chi connectivity index (χ3n) is 1.98. The Hall–Kier alpha value is -0.680. The van der Waals surface area contributed by atoms with Crippen LogP contribution in [0.2, 0.25) is 0 Å². The van der Waals surface area contributed by atoms with E-state index in [4.69, 9.17) is 5.73 Å². The highest BCUT2D eigenvalue weighted by atomic mass is 79.9. The third kappa shape index (κ3) is 3.72. The van der Waals surface area contributed by atoms with Crippen molar-refractivity contribution in [3.63, 3.8) is 0 Å². The summed E-state index contributed by atoms with van der Waals surface area (Å²) in [7, 11) is 0. The second-order valence-electron chi connectivity index (χ2n) is 3.09. The second-order valence-corrected chi connectivity index (χ2v) is 4.59. The van der Waals surface area contributed by atoms with E-state index in [0.717, 1.165) is 26.9 Å². The van der Waals surface area contributed by atoms with Crippen LogP contribution in [0, 0.1) is 0 Å². The number of nitrogens with zero attached hydrogens (tertiary/aromatic N) is 2. The lowest BCUT2D eigenvalue weighted by atomic mass is 10.1. The topological polar surface area (TPSA) is 51.3 Å². The zero-order valence-electron chi connectivity index (χ0n) is 8.95. The summed E-state index contributed by atoms with van der Waals surface area (Å²) in [6, 6.07) is 3.91. The quantitative estimate of drug-likeness (QED) is 0.672. The van der Waals surface area contributed by atoms with Gasteiger partial charge in [-0.25, -0.2) is 4.98 Å². The van der Waals surface area contributed by atoms with Gasteiger partial charge in [-0.1, -0.05) is 6.07 Å². The Kier molecular flexibility index (Phi) is 5.69. The molecule has 86 valence electrons. The van der Waals surface area contributed by atoms with Crippen molar-refractivity contribution in [1.29, 1.82) is 0 Å². The summed E-state index contributed by atoms with van der Waals surface area (Å²) in [5, 5.41) is 0. The Balaban J connectivity index is 2.88. The van der Waals surface area contributed by atoms with Crippen LogP contribution in [0.5, 0.6) is 0 Å². The average molecular weight is 347 g/mol. The SMILES string of the molecule is CCN=C(Br)C(=CN)Cc1cccnc1Br. The lowest BCUT2D eigenvalue weighted by Gasteiger charge is -2.06. The molecule has 0 atom stereocenters. The highest BCUT2D eigenvalue weighted by Crippen LogP contribution is 2.18. The van der Waals surface area contributed by atoms with E-state index >= 15 is 0 Å². The molecule has 0 saturated heterocycles. The molecule has 0 bridgehead atoms. The van der Waals surface area contributed by atoms with Gasteiger partial charge in [0.2, 0.25) is 0 Å². The summed E-state index contributed by atoms with van der Waals surface area (Å²) in [6.07, 6.45) is 4.02. The molecule has 0 radical (unpaired) electrons. The third-order valence-corrected chi connectivity index (χ3v) is 3.45. The lowest BCUT2D eigenvalue weighted by molar-refractivity contribution is 1.10. The van der Waals surface area contributed by atoms with Crippen molar-refractivity contribution >= 4 is 36.5 Å². The number of nitrogens with two attached hydrogens (primary N) is 1. The van der Waals surface area contributed by atoms with E-state index in [2.05, 4.69) is 41.8 Å². The van der Waals surface area contributed by atoms with Crippen molar-refractivity contribution in [2.75, 3.05) is 6.54 Å². The van der Waals surface area contributed by atoms with Gasteiger partial charge in [-0.3, -0.25) is 4.99 Å². The predicted octanol–water partition coefficient (Wildman–Crippen LogP) is 3.04. The molecule has 0 spiro atoms. The summed E-state index contributed by atoms with van der Waals surface area (Å²) >= 11 is 6.82. The van der Waals surface area contributed by atoms with E-state index in [1.165, 1.54) is 0 Å². The Morgan fingerprint density at radius 3 is 2.94 bits per heavy atom. The summed E-state index contributed by atoms with van der Waals surface area (Å²) in [6.45, 7) is 2.71. The zero-order valence-corrected chi connectivity index (χ0v) is 12.1. The Morgan fingerprint density at radius 2 is 2.38 bits per heavy atom. The molecule has 1 rings (SSSR count). The smallest absolute Gasteiger partial charge is 0.109 e. The van der Waals surface area contributed by atoms with Crippen LogP contribution in [0.3, 0.4) is 0 Å². The first kappa shape index (κ1) is 13.4. The molecule has 0 aliphatic carbocycles. The number of hydrogen-bond donors (Lipinski definition) is 1. The Morgan fingerprint density at radius 1 is 1.62 bits per heavy atom. The van der Waals surface area contributed by atoms with Crippen LogP contribution >= 0.6 is 31.9 Å². The van der Waals surface area contributed by atoms with Crippen molar-refractivity contribution < 1.29 is 0 Å². The maximum absolute atomic E-state index is 5.59. The summed E-state index contributed by atoms with van der Waals surface area (Å²) in [5.41, 5.74) is 7.63. The first-order chi connectivity index (χ1) is 7.69. The van der Waals surface area contributed by atoms with Gasteiger partial charge in [0, 0.05) is 30.9 Å². The first-order valence-electron chi connectivity index (χ1n) is 4.89. The van der Waals surface area contributed by atoms with E-state index in [-0.39, 0.29) is 0 Å². The second kappa shape index (κ2) is 6.81. The van der Waals surface area contributed by atoms with Crippen molar-refractivity contribution in [2.24, 2.45) is 10.7 Å². The van der Waals surface area contributed by atoms with Crippen LogP contribution in [0.4, 0.5) is 0 Å². The highest BCUT2D eigenvalue weighted by Gasteiger charge is 2.07. The molecule has 0 aliphatic heterocycles. The fourth-order valence-corrected chi connectivity index (χ4v) is 2.11. The van der Waals surface area contributed by atoms with Crippen LogP contribution in [0.15, 0.2) is 39.7 Å². The number of aromatic nitrogens is 1. The predicted molar refractivity (Wildman–Crippen MR) is 74.8 cm³/mol. The van der Waals surface area contributed by atoms with E-state index in [0.29, 0.717) is 6.42 Å². The van der Waals surface area contributed by atoms with E-state index in [1.54, 1.807) is 12.4 Å². The molecule has 3 nitrogen and oxygen atoms in total. The van der Waals surface area contributed by atoms with Crippen molar-refractivity contribution in [3.8, 4) is 0 Å². The minimum absolute atomic E-state index is 0.703. The maximum atomic E-state index is 5.59. The molecular formula is C11H13Br2N3. The molecule has 0 aromatic carbocycles. The van der Waals surface area contributed by atoms with Crippen molar-refractivity contribution in [3.05, 3.63) is 40.3 Å². The number of pyridine rings is 1. The zero-order chi connectivity index (χ0) is 12.0. The molecule has 0 aliphatic rings. The molecule has 0 unspecified atom stereocenters. The van der Waals surface area contributed by atoms with Crippen LogP contribution in [0.25, 0.3) is 0 Å². The number of allylic oxidation sites excluding steroid dienone is 1. The monoisotopic (exact) mass is 345 g/mol. The first-order valence-corrected chi connectivity index (χ1v) is 6.48. The minimum Gasteiger partial charge on any atom is -0.404 e. The fourth-order valence-electron chi connectivity index (χ4n) is 1.20. The van der Waals surface area contributed by atoms with Gasteiger partial charge in [0.15, 0.2) is 0 Å². The molecule has 0 amide bonds. The van der Waals surface area contributed by atoms with Crippen LogP contribution < -0.4 is 5.73 Å². The number of hydrogen-bond acceptors (Lipinski definition) is 3. The van der Waals surface area contributed by atoms with Crippen LogP contribution in [0.1, 0.15) is 12.5 Å². The number of rotatable bonds is 4. The van der Waals surface area contributed by atoms with Crippen LogP contribution in [-0.2, 0) is 6.42 Å². The van der Waals surface area contributed by atoms with Gasteiger partial charge in [0.1, 0.15) is 9.22 Å². The molecule has 1 aromatic heterocycles. The van der Waals surface area contributed by atoms with Gasteiger partial charge in [-0.15, -0.1) is 0 Å². The van der Waals surface area contributed by atoms with Gasteiger partial charge in [-0.2, -0.15) is 0 Å². The van der Waals surface area contributed by atoms with Gasteiger partial charge in [0.05, 0.1) is 0 Å². The largest absolute Gasteiger partial charge is 0.404 e. The van der Waals surface area contributed by atoms with Crippen molar-refractivity contribution in [2.45, 2.75) is 13.3 Å². The molecule has 1 aromatic rings. The summed E-state index contributed by atoms with van der Waals surface area (Å²) < 4.78 is 1.64. The molecule has 2 N–H and O–H groups in total. The molecule has 0 fully saturated rings. The molecule has 0 saturated carbocycles. The number of halogens is 2. The van der Waals surface area contributed by atoms with Gasteiger partial charge >= 0.3 is 0 Å². The molecule has 16 heavy (non-hydrogen) atoms. The van der Waals surface area contributed by atoms with E-state index in [9.17, 15) is 0 Å². The summed E-state index contributed by atoms with van der Waals surface area (Å²) in [5.74, 6) is 0.